The predicted octanol–water partition coefficient (Wildman–Crippen LogP) is 3.13. The third kappa shape index (κ3) is 24.1. The Hall–Kier alpha value is -10.4. The number of hydrogen-bond acceptors (Lipinski definition) is 21. The highest BCUT2D eigenvalue weighted by atomic mass is 35.5. The van der Waals surface area contributed by atoms with Gasteiger partial charge in [-0.3, -0.25) is 72.2 Å². The molecule has 588 valence electrons. The third-order valence-electron chi connectivity index (χ3n) is 18.8. The number of amides is 11. The van der Waals surface area contributed by atoms with Crippen molar-refractivity contribution in [3.8, 4) is 0 Å². The number of imide groups is 4. The number of hydrogen-bond donors (Lipinski definition) is 12. The SMILES string of the molecule is CC(=O)Nc1ccc(C[C@@H](N)C(=O)N[C@@H](CC(C)C)C(=O)N(C(=O)[C@@H](N)Cc2ccc(NC(C)=O)cc2)C(=O)[C@](CC(=O)[C@@H](Cc2ccc3ccccc3c2)NC(C)=O)(C(=O)[C@H](N)Cc2ccc(Cl)cc2)N(C(=O)[C@H](CO)NC(=O)[C@H](N)Cc2cccnc2)C(=O)[C@@H]2CCCN2C(=O)[C@@H](N)CCCCNC(C)C)cc1. The van der Waals surface area contributed by atoms with E-state index in [2.05, 4.69) is 36.9 Å². The van der Waals surface area contributed by atoms with Crippen molar-refractivity contribution in [1.29, 1.82) is 0 Å². The number of nitrogens with zero attached hydrogens (tertiary/aromatic N) is 4. The highest BCUT2D eigenvalue weighted by Crippen LogP contribution is 2.35. The van der Waals surface area contributed by atoms with Crippen LogP contribution in [-0.4, -0.2) is 187 Å². The number of benzene rings is 5. The molecular formula is C80H102ClN15O14. The van der Waals surface area contributed by atoms with Crippen molar-refractivity contribution in [3.63, 3.8) is 0 Å². The molecular weight excluding hydrogens is 1430 g/mol. The molecule has 17 N–H and O–H groups in total. The minimum absolute atomic E-state index is 0.0102. The van der Waals surface area contributed by atoms with Crippen LogP contribution < -0.4 is 60.6 Å². The summed E-state index contributed by atoms with van der Waals surface area (Å²) in [6.45, 7) is 9.63. The van der Waals surface area contributed by atoms with E-state index in [1.54, 1.807) is 86.6 Å². The van der Waals surface area contributed by atoms with Gasteiger partial charge in [-0.05, 0) is 158 Å². The number of anilines is 2. The average Bonchev–Trinajstić information content (AvgIpc) is 0.866. The van der Waals surface area contributed by atoms with E-state index >= 15 is 38.4 Å². The number of carbonyl (C=O) groups is 13. The second-order valence-electron chi connectivity index (χ2n) is 28.7. The number of aromatic nitrogens is 1. The quantitative estimate of drug-likeness (QED) is 0.0196. The second-order valence-corrected chi connectivity index (χ2v) is 29.1. The summed E-state index contributed by atoms with van der Waals surface area (Å²) in [4.78, 5) is 206. The topological polar surface area (TPSA) is 467 Å². The number of fused-ring (bicyclic) bond motifs is 1. The molecule has 110 heavy (non-hydrogen) atoms. The maximum Gasteiger partial charge on any atom is 0.270 e. The van der Waals surface area contributed by atoms with Crippen molar-refractivity contribution in [2.45, 2.75) is 191 Å². The van der Waals surface area contributed by atoms with Crippen LogP contribution in [0.2, 0.25) is 5.02 Å². The minimum Gasteiger partial charge on any atom is -0.394 e. The highest BCUT2D eigenvalue weighted by Gasteiger charge is 2.64. The van der Waals surface area contributed by atoms with Crippen molar-refractivity contribution < 1.29 is 67.4 Å². The van der Waals surface area contributed by atoms with Gasteiger partial charge in [-0.25, -0.2) is 4.90 Å². The number of halogens is 1. The molecule has 29 nitrogen and oxygen atoms in total. The maximum absolute atomic E-state index is 17.9. The summed E-state index contributed by atoms with van der Waals surface area (Å²) in [7, 11) is 0. The van der Waals surface area contributed by atoms with Crippen LogP contribution in [0.15, 0.2) is 140 Å². The Morgan fingerprint density at radius 2 is 1.12 bits per heavy atom. The van der Waals surface area contributed by atoms with Gasteiger partial charge in [0.1, 0.15) is 18.1 Å². The normalized spacial score (nSPS) is 15.5. The number of ketones is 2. The summed E-state index contributed by atoms with van der Waals surface area (Å²) in [5.74, 6) is -17.4. The monoisotopic (exact) mass is 1530 g/mol. The number of likely N-dealkylation sites (tertiary alicyclic amines) is 1. The molecule has 0 radical (unpaired) electrons. The maximum atomic E-state index is 17.9. The summed E-state index contributed by atoms with van der Waals surface area (Å²) >= 11 is 6.37. The number of rotatable bonds is 38. The van der Waals surface area contributed by atoms with Gasteiger partial charge in [-0.2, -0.15) is 0 Å². The van der Waals surface area contributed by atoms with Crippen LogP contribution in [0.3, 0.4) is 0 Å². The lowest BCUT2D eigenvalue weighted by atomic mass is 9.77. The summed E-state index contributed by atoms with van der Waals surface area (Å²) in [5.41, 5.74) is 32.3. The van der Waals surface area contributed by atoms with E-state index in [1.807, 2.05) is 19.9 Å². The lowest BCUT2D eigenvalue weighted by Gasteiger charge is -2.46. The van der Waals surface area contributed by atoms with Crippen LogP contribution in [0.4, 0.5) is 11.4 Å². The highest BCUT2D eigenvalue weighted by molar-refractivity contribution is 6.30. The van der Waals surface area contributed by atoms with Crippen LogP contribution in [0.5, 0.6) is 0 Å². The first-order valence-corrected chi connectivity index (χ1v) is 37.1. The first-order valence-electron chi connectivity index (χ1n) is 36.7. The second kappa shape index (κ2) is 40.9. The number of Topliss-reactive ketones (excluding diaryl/α,β-unsaturated/α-hetero) is 2. The number of aliphatic hydroxyl groups excluding tert-OH is 1. The molecule has 5 aromatic carbocycles. The Balaban J connectivity index is 1.57. The van der Waals surface area contributed by atoms with Crippen LogP contribution in [0, 0.1) is 5.92 Å². The lowest BCUT2D eigenvalue weighted by molar-refractivity contribution is -0.177. The van der Waals surface area contributed by atoms with E-state index < -0.39 is 175 Å². The molecule has 2 heterocycles. The summed E-state index contributed by atoms with van der Waals surface area (Å²) in [6.07, 6.45) is -0.820. The van der Waals surface area contributed by atoms with Crippen molar-refractivity contribution in [3.05, 3.63) is 173 Å². The number of nitrogens with one attached hydrogen (secondary N) is 6. The molecule has 0 spiro atoms. The number of nitrogens with two attached hydrogens (primary N) is 5. The molecule has 0 bridgehead atoms. The molecule has 1 saturated heterocycles. The van der Waals surface area contributed by atoms with Gasteiger partial charge in [0.25, 0.3) is 29.5 Å². The Bertz CT molecular complexity index is 4270. The summed E-state index contributed by atoms with van der Waals surface area (Å²) < 4.78 is 0. The van der Waals surface area contributed by atoms with Gasteiger partial charge in [0.15, 0.2) is 17.1 Å². The molecule has 11 amide bonds. The zero-order valence-corrected chi connectivity index (χ0v) is 63.8. The van der Waals surface area contributed by atoms with E-state index in [-0.39, 0.29) is 76.5 Å². The third-order valence-corrected chi connectivity index (χ3v) is 19.0. The number of carbonyl (C=O) groups excluding carboxylic acids is 13. The molecule has 1 fully saturated rings. The average molecular weight is 1530 g/mol. The molecule has 10 atom stereocenters. The first kappa shape index (κ1) is 86.9. The Kier molecular flexibility index (Phi) is 32.3. The molecule has 1 aliphatic heterocycles. The molecule has 0 aliphatic carbocycles. The fourth-order valence-electron chi connectivity index (χ4n) is 13.2. The van der Waals surface area contributed by atoms with E-state index in [0.717, 1.165) is 17.2 Å². The van der Waals surface area contributed by atoms with Gasteiger partial charge < -0.3 is 70.6 Å². The summed E-state index contributed by atoms with van der Waals surface area (Å²) in [5, 5.41) is 29.4. The first-order chi connectivity index (χ1) is 52.2. The molecule has 0 unspecified atom stereocenters. The van der Waals surface area contributed by atoms with Crippen molar-refractivity contribution in [2.75, 3.05) is 30.3 Å². The van der Waals surface area contributed by atoms with Gasteiger partial charge in [-0.15, -0.1) is 0 Å². The van der Waals surface area contributed by atoms with Crippen LogP contribution >= 0.6 is 11.6 Å². The number of pyridine rings is 1. The lowest BCUT2D eigenvalue weighted by Crippen LogP contribution is -2.76. The van der Waals surface area contributed by atoms with Gasteiger partial charge in [0.05, 0.1) is 42.9 Å². The van der Waals surface area contributed by atoms with E-state index in [9.17, 15) is 29.1 Å². The smallest absolute Gasteiger partial charge is 0.270 e. The largest absolute Gasteiger partial charge is 0.394 e. The minimum atomic E-state index is -4.08. The zero-order valence-electron chi connectivity index (χ0n) is 63.0. The van der Waals surface area contributed by atoms with Crippen molar-refractivity contribution in [2.24, 2.45) is 34.6 Å². The molecule has 6 aromatic rings. The fraction of sp³-hybridized carbons (Fsp3) is 0.425. The van der Waals surface area contributed by atoms with Gasteiger partial charge >= 0.3 is 0 Å². The molecule has 7 rings (SSSR count). The van der Waals surface area contributed by atoms with E-state index in [1.165, 1.54) is 74.8 Å². The molecule has 1 aromatic heterocycles. The van der Waals surface area contributed by atoms with Crippen LogP contribution in [-0.2, 0) is 94.4 Å². The Morgan fingerprint density at radius 1 is 0.573 bits per heavy atom. The molecule has 0 saturated carbocycles. The van der Waals surface area contributed by atoms with Crippen molar-refractivity contribution in [1.82, 2.24) is 41.0 Å². The van der Waals surface area contributed by atoms with Gasteiger partial charge in [-0.1, -0.05) is 131 Å². The van der Waals surface area contributed by atoms with E-state index in [4.69, 9.17) is 40.3 Å². The van der Waals surface area contributed by atoms with Crippen LogP contribution in [0.25, 0.3) is 10.8 Å². The van der Waals surface area contributed by atoms with Gasteiger partial charge in [0.2, 0.25) is 35.4 Å². The Morgan fingerprint density at radius 3 is 1.66 bits per heavy atom. The zero-order chi connectivity index (χ0) is 80.7. The molecule has 30 heteroatoms. The van der Waals surface area contributed by atoms with Crippen molar-refractivity contribution >= 4 is 110 Å². The molecule has 1 aliphatic rings. The van der Waals surface area contributed by atoms with Crippen LogP contribution in [0.1, 0.15) is 121 Å². The number of aliphatic hydroxyl groups is 1. The fourth-order valence-corrected chi connectivity index (χ4v) is 13.4. The van der Waals surface area contributed by atoms with E-state index in [0.29, 0.717) is 52.8 Å². The van der Waals surface area contributed by atoms with Gasteiger partial charge in [0, 0.05) is 68.6 Å². The summed E-state index contributed by atoms with van der Waals surface area (Å²) in [6, 6.07) is 16.4. The number of unbranched alkanes of at least 4 members (excludes halogenated alkanes) is 1. The Labute approximate surface area is 644 Å². The standard InChI is InChI=1S/C80H102ClN15O14/c1-46(2)36-67(92-72(103)63(84)39-52-22-29-59(30-23-52)89-48(5)98)76(107)95(75(106)65(86)40-53-24-31-60(32-25-53)90-49(6)99)79(110)80(71(102)62(83)38-51-20-27-58(81)28-21-51,43-70(101)66(91-50(7)100)42-54-19-26-56-15-8-9-16-57(56)37-54)96(77(108)68(45-97)93-73(104)64(85)41-55-14-12-33-87-44-55)78(109)69-18-13-35-94(69)74(105)61(82)17-10-11-34-88-47(3)4/h8-9,12,14-16,19-33,37,44,46-47,61-69,88,97H,10-11,13,17-18,34-36,38-43,45,82-86H2,1-7H3,(H,89,98)(H,90,99)(H,91,100)(H,92,103)(H,93,104)/t61-,62+,63+,64+,65-,66+,67-,68-,69-,80-/m0/s1. The predicted molar refractivity (Wildman–Crippen MR) is 415 cm³/mol.